The van der Waals surface area contributed by atoms with Crippen molar-refractivity contribution < 1.29 is 9.47 Å². The molecule has 0 bridgehead atoms. The van der Waals surface area contributed by atoms with Gasteiger partial charge in [-0.1, -0.05) is 261 Å². The predicted octanol–water partition coefficient (Wildman–Crippen LogP) is 19.6. The smallest absolute Gasteiger partial charge is 0.132 e. The molecule has 13 aromatic rings. The molecule has 2 heteroatoms. The highest BCUT2D eigenvalue weighted by atomic mass is 16.5. The predicted molar refractivity (Wildman–Crippen MR) is 320 cm³/mol. The van der Waals surface area contributed by atoms with E-state index in [-0.39, 0.29) is 0 Å². The fourth-order valence-corrected chi connectivity index (χ4v) is 13.3. The van der Waals surface area contributed by atoms with Crippen LogP contribution in [0.4, 0.5) is 0 Å². The number of fused-ring (bicyclic) bond motifs is 6. The minimum atomic E-state index is -0.666. The van der Waals surface area contributed by atoms with Crippen molar-refractivity contribution in [3.8, 4) is 67.5 Å². The van der Waals surface area contributed by atoms with Gasteiger partial charge in [0.25, 0.3) is 0 Å². The Morgan fingerprint density at radius 1 is 0.205 bits per heavy atom. The molecule has 0 unspecified atom stereocenters. The maximum atomic E-state index is 6.73. The van der Waals surface area contributed by atoms with Crippen molar-refractivity contribution in [3.63, 3.8) is 0 Å². The van der Waals surface area contributed by atoms with Crippen molar-refractivity contribution in [1.82, 2.24) is 0 Å². The van der Waals surface area contributed by atoms with E-state index in [1.54, 1.807) is 0 Å². The van der Waals surface area contributed by atoms with Crippen molar-refractivity contribution in [2.75, 3.05) is 0 Å². The SMILES string of the molecule is c1ccc(-c2ccccc2-c2c3cccc(-c4cccc(C5(c6ccccc6)c6ccccc6Oc6ccccc65)c4)c3cc3c(-c4cccc(C5(c6ccccc6)c6ccccc6Oc6ccccc65)c4)cccc23)cc1. The molecule has 0 radical (unpaired) electrons. The summed E-state index contributed by atoms with van der Waals surface area (Å²) in [5.74, 6) is 3.45. The van der Waals surface area contributed by atoms with Gasteiger partial charge in [-0.3, -0.25) is 0 Å². The van der Waals surface area contributed by atoms with Gasteiger partial charge in [0.05, 0.1) is 10.8 Å². The Kier molecular flexibility index (Phi) is 10.7. The fourth-order valence-electron chi connectivity index (χ4n) is 13.3. The van der Waals surface area contributed by atoms with Crippen LogP contribution in [0.25, 0.3) is 66.1 Å². The van der Waals surface area contributed by atoms with Crippen LogP contribution in [0.2, 0.25) is 0 Å². The molecule has 2 aliphatic heterocycles. The third kappa shape index (κ3) is 6.90. The first kappa shape index (κ1) is 45.4. The van der Waals surface area contributed by atoms with Crippen molar-refractivity contribution in [1.29, 1.82) is 0 Å². The van der Waals surface area contributed by atoms with Crippen molar-refractivity contribution >= 4 is 21.5 Å². The maximum absolute atomic E-state index is 6.73. The highest BCUT2D eigenvalue weighted by Gasteiger charge is 2.47. The van der Waals surface area contributed by atoms with E-state index in [0.29, 0.717) is 0 Å². The molecule has 2 nitrogen and oxygen atoms in total. The van der Waals surface area contributed by atoms with Gasteiger partial charge in [0.15, 0.2) is 0 Å². The van der Waals surface area contributed by atoms with E-state index in [0.717, 1.165) is 67.5 Å². The van der Waals surface area contributed by atoms with Gasteiger partial charge in [0.2, 0.25) is 0 Å². The average molecular weight is 995 g/mol. The molecule has 0 aliphatic carbocycles. The van der Waals surface area contributed by atoms with E-state index in [9.17, 15) is 0 Å². The summed E-state index contributed by atoms with van der Waals surface area (Å²) in [7, 11) is 0. The first-order valence-electron chi connectivity index (χ1n) is 26.9. The molecule has 13 aromatic carbocycles. The van der Waals surface area contributed by atoms with Gasteiger partial charge < -0.3 is 9.47 Å². The van der Waals surface area contributed by atoms with Gasteiger partial charge in [-0.2, -0.15) is 0 Å². The fraction of sp³-hybridized carbons (Fsp3) is 0.0263. The van der Waals surface area contributed by atoms with Crippen LogP contribution in [-0.4, -0.2) is 0 Å². The highest BCUT2D eigenvalue weighted by Crippen LogP contribution is 2.58. The first-order chi connectivity index (χ1) is 38.7. The number of ether oxygens (including phenoxy) is 2. The third-order valence-corrected chi connectivity index (χ3v) is 16.6. The molecule has 0 atom stereocenters. The Morgan fingerprint density at radius 3 is 0.962 bits per heavy atom. The van der Waals surface area contributed by atoms with E-state index in [1.165, 1.54) is 66.1 Å². The van der Waals surface area contributed by atoms with Crippen LogP contribution in [0, 0.1) is 0 Å². The number of hydrogen-bond donors (Lipinski definition) is 0. The van der Waals surface area contributed by atoms with E-state index in [4.69, 9.17) is 9.47 Å². The lowest BCUT2D eigenvalue weighted by Gasteiger charge is -2.41. The summed E-state index contributed by atoms with van der Waals surface area (Å²) < 4.78 is 13.5. The zero-order valence-corrected chi connectivity index (χ0v) is 42.7. The molecule has 0 N–H and O–H groups in total. The average Bonchev–Trinajstić information content (AvgIpc) is 3.10. The van der Waals surface area contributed by atoms with Crippen LogP contribution in [-0.2, 0) is 10.8 Å². The standard InChI is InChI=1S/C76H50O2/c1-4-24-51(25-5-1)58-34-10-11-35-61(58)74-62-38-22-36-59(52-26-20-32-56(48-52)75(54-28-6-2-7-29-54)66-40-12-16-44-70(66)77-71-45-17-13-41-67(71)75)64(62)50-65-60(37-23-39-63(65)74)53-27-21-33-57(49-53)76(55-30-8-3-9-31-55)68-42-14-18-46-72(68)78-73-47-19-15-43-69(73)76/h1-50H. The molecule has 0 saturated carbocycles. The zero-order valence-electron chi connectivity index (χ0n) is 42.7. The van der Waals surface area contributed by atoms with Gasteiger partial charge in [-0.25, -0.2) is 0 Å². The molecular weight excluding hydrogens is 945 g/mol. The number of hydrogen-bond acceptors (Lipinski definition) is 2. The molecule has 2 heterocycles. The summed E-state index contributed by atoms with van der Waals surface area (Å²) in [5.41, 5.74) is 17.2. The van der Waals surface area contributed by atoms with Gasteiger partial charge in [-0.15, -0.1) is 0 Å². The minimum absolute atomic E-state index is 0.666. The van der Waals surface area contributed by atoms with Crippen LogP contribution < -0.4 is 9.47 Å². The van der Waals surface area contributed by atoms with E-state index in [2.05, 4.69) is 303 Å². The lowest BCUT2D eigenvalue weighted by atomic mass is 9.63. The largest absolute Gasteiger partial charge is 0.457 e. The summed E-state index contributed by atoms with van der Waals surface area (Å²) >= 11 is 0. The molecule has 0 aromatic heterocycles. The van der Waals surface area contributed by atoms with Crippen molar-refractivity contribution in [3.05, 3.63) is 348 Å². The van der Waals surface area contributed by atoms with Gasteiger partial charge in [-0.05, 0) is 131 Å². The molecule has 0 fully saturated rings. The second kappa shape index (κ2) is 18.4. The second-order valence-electron chi connectivity index (χ2n) is 20.5. The quantitative estimate of drug-likeness (QED) is 0.141. The number of para-hydroxylation sites is 4. The molecule has 0 spiro atoms. The first-order valence-corrected chi connectivity index (χ1v) is 26.9. The molecule has 2 aliphatic rings. The van der Waals surface area contributed by atoms with Gasteiger partial charge >= 0.3 is 0 Å². The Labute approximate surface area is 454 Å². The molecular formula is C76H50O2. The lowest BCUT2D eigenvalue weighted by Crippen LogP contribution is -2.34. The van der Waals surface area contributed by atoms with Crippen molar-refractivity contribution in [2.45, 2.75) is 10.8 Å². The lowest BCUT2D eigenvalue weighted by molar-refractivity contribution is 0.434. The zero-order chi connectivity index (χ0) is 51.6. The molecule has 366 valence electrons. The Balaban J connectivity index is 1.01. The van der Waals surface area contributed by atoms with Crippen LogP contribution in [0.3, 0.4) is 0 Å². The molecule has 0 amide bonds. The summed E-state index contributed by atoms with van der Waals surface area (Å²) in [4.78, 5) is 0. The van der Waals surface area contributed by atoms with Crippen LogP contribution in [0.15, 0.2) is 303 Å². The normalized spacial score (nSPS) is 13.5. The summed E-state index contributed by atoms with van der Waals surface area (Å²) in [6.07, 6.45) is 0. The Morgan fingerprint density at radius 2 is 0.526 bits per heavy atom. The highest BCUT2D eigenvalue weighted by molar-refractivity contribution is 6.20. The summed E-state index contributed by atoms with van der Waals surface area (Å²) in [5, 5.41) is 4.74. The summed E-state index contributed by atoms with van der Waals surface area (Å²) in [6.45, 7) is 0. The summed E-state index contributed by atoms with van der Waals surface area (Å²) in [6, 6.07) is 111. The van der Waals surface area contributed by atoms with E-state index < -0.39 is 10.8 Å². The second-order valence-corrected chi connectivity index (χ2v) is 20.5. The number of rotatable bonds is 8. The molecule has 78 heavy (non-hydrogen) atoms. The van der Waals surface area contributed by atoms with E-state index >= 15 is 0 Å². The number of benzene rings is 13. The minimum Gasteiger partial charge on any atom is -0.457 e. The van der Waals surface area contributed by atoms with Crippen LogP contribution in [0.1, 0.15) is 44.5 Å². The van der Waals surface area contributed by atoms with Gasteiger partial charge in [0, 0.05) is 22.3 Å². The maximum Gasteiger partial charge on any atom is 0.132 e. The van der Waals surface area contributed by atoms with E-state index in [1.807, 2.05) is 0 Å². The Hall–Kier alpha value is -10.0. The van der Waals surface area contributed by atoms with Crippen LogP contribution >= 0.6 is 0 Å². The Bertz CT molecular complexity index is 4110. The molecule has 15 rings (SSSR count). The van der Waals surface area contributed by atoms with Crippen molar-refractivity contribution in [2.24, 2.45) is 0 Å². The molecule has 0 saturated heterocycles. The van der Waals surface area contributed by atoms with Gasteiger partial charge in [0.1, 0.15) is 23.0 Å². The van der Waals surface area contributed by atoms with Crippen LogP contribution in [0.5, 0.6) is 23.0 Å². The third-order valence-electron chi connectivity index (χ3n) is 16.6. The topological polar surface area (TPSA) is 18.5 Å². The monoisotopic (exact) mass is 994 g/mol.